The fourth-order valence-corrected chi connectivity index (χ4v) is 12.6. The summed E-state index contributed by atoms with van der Waals surface area (Å²) in [6, 6.07) is 0. The zero-order valence-electron chi connectivity index (χ0n) is 35.8. The van der Waals surface area contributed by atoms with Crippen molar-refractivity contribution in [3.8, 4) is 0 Å². The molecule has 0 aliphatic carbocycles. The van der Waals surface area contributed by atoms with Crippen molar-refractivity contribution in [3.05, 3.63) is 0 Å². The van der Waals surface area contributed by atoms with Crippen LogP contribution in [0, 0.1) is 0 Å². The van der Waals surface area contributed by atoms with Crippen LogP contribution in [0.5, 0.6) is 0 Å². The van der Waals surface area contributed by atoms with Crippen molar-refractivity contribution < 1.29 is 0 Å². The van der Waals surface area contributed by atoms with Gasteiger partial charge in [-0.3, -0.25) is 0 Å². The summed E-state index contributed by atoms with van der Waals surface area (Å²) < 4.78 is 0. The first kappa shape index (κ1) is 47.9. The summed E-state index contributed by atoms with van der Waals surface area (Å²) in [6.45, 7) is 0. The first-order valence-corrected chi connectivity index (χ1v) is 20.5. The highest BCUT2D eigenvalue weighted by molar-refractivity contribution is 8.34. The fraction of sp³-hybridized carbons (Fsp3) is 0. The van der Waals surface area contributed by atoms with E-state index in [1.807, 2.05) is 0 Å². The third kappa shape index (κ3) is 13.1. The average Bonchev–Trinajstić information content (AvgIpc) is 2.81. The van der Waals surface area contributed by atoms with E-state index in [2.05, 4.69) is 178 Å². The maximum atomic E-state index is 2.59. The van der Waals surface area contributed by atoms with Crippen LogP contribution in [0.15, 0.2) is 0 Å². The van der Waals surface area contributed by atoms with E-state index in [1.54, 1.807) is 0 Å². The Hall–Kier alpha value is 2.92. The highest BCUT2D eigenvalue weighted by atomic mass is 13.4. The summed E-state index contributed by atoms with van der Waals surface area (Å²) >= 11 is 0. The molecule has 0 heterocycles. The molecular formula is H47B45. The van der Waals surface area contributed by atoms with Crippen LogP contribution in [-0.4, -0.2) is 319 Å². The zero-order valence-corrected chi connectivity index (χ0v) is 35.8. The van der Waals surface area contributed by atoms with E-state index in [9.17, 15) is 0 Å². The molecule has 0 radical (unpaired) electrons. The normalized spacial score (nSPS) is 9.60. The predicted molar refractivity (Wildman–Crippen MR) is 324 cm³/mol. The molecule has 0 spiro atoms. The number of hydrogen-bond acceptors (Lipinski definition) is 0. The van der Waals surface area contributed by atoms with Crippen molar-refractivity contribution in [1.82, 2.24) is 0 Å². The summed E-state index contributed by atoms with van der Waals surface area (Å²) in [4.78, 5) is 0. The third-order valence-corrected chi connectivity index (χ3v) is 13.1. The van der Waals surface area contributed by atoms with E-state index < -0.39 is 0 Å². The van der Waals surface area contributed by atoms with E-state index in [0.29, 0.717) is 89.4 Å². The van der Waals surface area contributed by atoms with Gasteiger partial charge in [0.05, 0.1) is 178 Å². The molecule has 0 atom stereocenters. The third-order valence-electron chi connectivity index (χ3n) is 13.1. The van der Waals surface area contributed by atoms with Gasteiger partial charge in [-0.25, -0.2) is 0 Å². The van der Waals surface area contributed by atoms with E-state index >= 15 is 0 Å². The van der Waals surface area contributed by atoms with E-state index in [0.717, 1.165) is 44.7 Å². The Bertz CT molecular complexity index is 622. The van der Waals surface area contributed by atoms with Crippen molar-refractivity contribution in [3.63, 3.8) is 0 Å². The Morgan fingerprint density at radius 2 is 0.356 bits per heavy atom. The number of hydrogen-bond donors (Lipinski definition) is 0. The molecule has 0 amide bonds. The Kier molecular flexibility index (Phi) is 23.5. The molecule has 0 N–H and O–H groups in total. The summed E-state index contributed by atoms with van der Waals surface area (Å²) in [6.07, 6.45) is 14.8. The zero-order chi connectivity index (χ0) is 35.8. The molecule has 0 aromatic heterocycles. The molecular weight excluding hydrogens is 487 g/mol. The van der Waals surface area contributed by atoms with Gasteiger partial charge in [-0.1, -0.05) is 0 Å². The maximum absolute atomic E-state index is 2.59. The minimum absolute atomic E-state index is 0.683. The lowest BCUT2D eigenvalue weighted by Gasteiger charge is -2.55. The van der Waals surface area contributed by atoms with Crippen molar-refractivity contribution in [2.75, 3.05) is 0 Å². The molecule has 182 valence electrons. The molecule has 0 aromatic carbocycles. The Morgan fingerprint density at radius 3 is 0.489 bits per heavy atom. The molecule has 0 aromatic rings. The molecule has 45 heteroatoms. The van der Waals surface area contributed by atoms with Crippen molar-refractivity contribution in [2.24, 2.45) is 0 Å². The molecule has 0 aliphatic heterocycles. The molecule has 0 saturated carbocycles. The Morgan fingerprint density at radius 1 is 0.200 bits per heavy atom. The van der Waals surface area contributed by atoms with Gasteiger partial charge in [0.2, 0.25) is 0 Å². The van der Waals surface area contributed by atoms with E-state index in [4.69, 9.17) is 0 Å². The van der Waals surface area contributed by atoms with E-state index in [-0.39, 0.29) is 0 Å². The second-order valence-corrected chi connectivity index (χ2v) is 20.0. The highest BCUT2D eigenvalue weighted by Crippen LogP contribution is 2.20. The fourth-order valence-electron chi connectivity index (χ4n) is 12.6. The summed E-state index contributed by atoms with van der Waals surface area (Å²) in [5.74, 6) is 0. The molecule has 0 nitrogen and oxygen atoms in total. The first-order valence-electron chi connectivity index (χ1n) is 20.5. The van der Waals surface area contributed by atoms with Crippen molar-refractivity contribution in [2.45, 2.75) is 0 Å². The summed E-state index contributed by atoms with van der Waals surface area (Å²) in [5.41, 5.74) is 0. The second-order valence-electron chi connectivity index (χ2n) is 20.0. The Labute approximate surface area is 316 Å². The lowest BCUT2D eigenvalue weighted by Crippen LogP contribution is -2.94. The lowest BCUT2D eigenvalue weighted by molar-refractivity contribution is 3.20. The van der Waals surface area contributed by atoms with Gasteiger partial charge in [-0.15, -0.1) is 0 Å². The monoisotopic (exact) mass is 543 g/mol. The van der Waals surface area contributed by atoms with Crippen LogP contribution < -0.4 is 0 Å². The topological polar surface area (TPSA) is 0 Å². The van der Waals surface area contributed by atoms with Gasteiger partial charge < -0.3 is 0 Å². The van der Waals surface area contributed by atoms with Crippen LogP contribution >= 0.6 is 0 Å². The first-order chi connectivity index (χ1) is 20.5. The average molecular weight is 534 g/mol. The molecule has 0 aliphatic rings. The van der Waals surface area contributed by atoms with Gasteiger partial charge in [-0.05, 0) is 0 Å². The van der Waals surface area contributed by atoms with Crippen LogP contribution in [0.4, 0.5) is 0 Å². The van der Waals surface area contributed by atoms with Crippen molar-refractivity contribution in [1.29, 1.82) is 0 Å². The quantitative estimate of drug-likeness (QED) is 0.129. The van der Waals surface area contributed by atoms with Crippen LogP contribution in [0.1, 0.15) is 0 Å². The smallest absolute Gasteiger partial charge is 0.0000241 e. The van der Waals surface area contributed by atoms with Gasteiger partial charge in [-0.2, -0.15) is 0 Å². The molecule has 0 saturated heterocycles. The van der Waals surface area contributed by atoms with Crippen LogP contribution in [0.3, 0.4) is 0 Å². The van der Waals surface area contributed by atoms with Gasteiger partial charge in [0.25, 0.3) is 0 Å². The minimum Gasteiger partial charge on any atom is 0.0000241 e. The van der Waals surface area contributed by atoms with Gasteiger partial charge >= 0.3 is 0 Å². The molecule has 0 rings (SSSR count). The number of rotatable bonds is 21. The maximum Gasteiger partial charge on any atom is 0.0593 e. The molecule has 0 unspecified atom stereocenters. The Balaban J connectivity index is 8.98. The second kappa shape index (κ2) is 22.1. The molecule has 0 fully saturated rings. The van der Waals surface area contributed by atoms with Crippen LogP contribution in [0.2, 0.25) is 0 Å². The summed E-state index contributed by atoms with van der Waals surface area (Å²) in [7, 11) is 60.7. The van der Waals surface area contributed by atoms with Crippen molar-refractivity contribution >= 4 is 319 Å². The van der Waals surface area contributed by atoms with Crippen LogP contribution in [0.25, 0.3) is 0 Å². The van der Waals surface area contributed by atoms with E-state index in [1.165, 1.54) is 7.06 Å². The standard InChI is InChI=1S/B45H47/c1-24-36(25(2)3)42(37(26(4)5)27(6)7)45(43(38(28(8)9)29(10)11)39(30(12)13)31(14)15)44(40(32(16)17)33(18)19)41(34(20)21)35(22)23/h24H,1-23H2. The van der Waals surface area contributed by atoms with Crippen LogP contribution in [-0.2, 0) is 0 Å². The molecule has 0 bridgehead atoms. The summed E-state index contributed by atoms with van der Waals surface area (Å²) in [5, 5.41) is 0. The minimum atomic E-state index is 0.683. The van der Waals surface area contributed by atoms with Gasteiger partial charge in [0.15, 0.2) is 0 Å². The molecule has 45 heavy (non-hydrogen) atoms. The lowest BCUT2D eigenvalue weighted by atomic mass is 8.26. The van der Waals surface area contributed by atoms with Gasteiger partial charge in [0, 0.05) is 141 Å². The van der Waals surface area contributed by atoms with Gasteiger partial charge in [0.1, 0.15) is 0 Å². The SMILES string of the molecule is BBB(B(B)B)B(B(B(B)B)B(B)B)B(B(B(B(B)B)B(B)B)B(B(B)B)B(B)B)B(B(B(B)B)B(B)B)B(B(B)B)B(B)B. The predicted octanol–water partition coefficient (Wildman–Crippen LogP) is -29.7. The largest absolute Gasteiger partial charge is 0.0593 e. The highest BCUT2D eigenvalue weighted by Gasteiger charge is 2.59.